The smallest absolute Gasteiger partial charge is 0.141 e. The van der Waals surface area contributed by atoms with Crippen LogP contribution >= 0.6 is 33.9 Å². The quantitative estimate of drug-likeness (QED) is 0.733. The Bertz CT molecular complexity index is 436. The summed E-state index contributed by atoms with van der Waals surface area (Å²) in [6.45, 7) is 0. The second-order valence-electron chi connectivity index (χ2n) is 2.39. The fourth-order valence-corrected chi connectivity index (χ4v) is 2.32. The minimum absolute atomic E-state index is 0.142. The summed E-state index contributed by atoms with van der Waals surface area (Å²) >= 11 is 3.42. The van der Waals surface area contributed by atoms with Crippen LogP contribution < -0.4 is 0 Å². The number of aromatic hydroxyl groups is 2. The molecule has 0 fully saturated rings. The molecular weight excluding hydrogens is 287 g/mol. The fourth-order valence-electron chi connectivity index (χ4n) is 1.06. The third kappa shape index (κ3) is 1.06. The molecule has 0 bridgehead atoms. The number of thiophene rings is 1. The molecule has 1 aromatic heterocycles. The van der Waals surface area contributed by atoms with Crippen LogP contribution in [0, 0.1) is 3.57 Å². The van der Waals surface area contributed by atoms with Gasteiger partial charge in [-0.3, -0.25) is 0 Å². The summed E-state index contributed by atoms with van der Waals surface area (Å²) in [7, 11) is 0. The van der Waals surface area contributed by atoms with Gasteiger partial charge >= 0.3 is 0 Å². The molecule has 0 saturated carbocycles. The molecule has 62 valence electrons. The first-order chi connectivity index (χ1) is 5.70. The first-order valence-corrected chi connectivity index (χ1v) is 5.23. The van der Waals surface area contributed by atoms with E-state index in [4.69, 9.17) is 0 Å². The van der Waals surface area contributed by atoms with Crippen molar-refractivity contribution in [3.05, 3.63) is 21.1 Å². The van der Waals surface area contributed by atoms with Gasteiger partial charge in [-0.15, -0.1) is 11.3 Å². The molecule has 2 rings (SSSR count). The van der Waals surface area contributed by atoms with Crippen LogP contribution in [0.3, 0.4) is 0 Å². The summed E-state index contributed by atoms with van der Waals surface area (Å²) in [6.07, 6.45) is 0. The standard InChI is InChI=1S/C8H5IO2S/c9-7-5(10)3-6-4(8(7)11)1-2-12-6/h1-3,10-11H. The van der Waals surface area contributed by atoms with Crippen molar-refractivity contribution in [2.75, 3.05) is 0 Å². The Kier molecular flexibility index (Phi) is 1.88. The molecule has 2 nitrogen and oxygen atoms in total. The first kappa shape index (κ1) is 8.12. The number of halogens is 1. The van der Waals surface area contributed by atoms with Crippen LogP contribution in [0.2, 0.25) is 0 Å². The Morgan fingerprint density at radius 3 is 2.83 bits per heavy atom. The topological polar surface area (TPSA) is 40.5 Å². The molecule has 2 N–H and O–H groups in total. The average molecular weight is 292 g/mol. The molecule has 1 heterocycles. The van der Waals surface area contributed by atoms with Gasteiger partial charge in [0.2, 0.25) is 0 Å². The number of phenols is 2. The lowest BCUT2D eigenvalue weighted by Crippen LogP contribution is -1.75. The van der Waals surface area contributed by atoms with Crippen LogP contribution in [-0.2, 0) is 0 Å². The average Bonchev–Trinajstić information content (AvgIpc) is 2.48. The summed E-state index contributed by atoms with van der Waals surface area (Å²) in [5.74, 6) is 0.315. The van der Waals surface area contributed by atoms with Gasteiger partial charge in [0, 0.05) is 10.1 Å². The van der Waals surface area contributed by atoms with Gasteiger partial charge in [-0.1, -0.05) is 0 Å². The van der Waals surface area contributed by atoms with Gasteiger partial charge in [-0.05, 0) is 40.1 Å². The van der Waals surface area contributed by atoms with E-state index in [2.05, 4.69) is 0 Å². The highest BCUT2D eigenvalue weighted by Crippen LogP contribution is 2.38. The number of rotatable bonds is 0. The third-order valence-electron chi connectivity index (χ3n) is 1.65. The maximum atomic E-state index is 9.57. The number of hydrogen-bond donors (Lipinski definition) is 2. The summed E-state index contributed by atoms with van der Waals surface area (Å²) in [4.78, 5) is 0. The Labute approximate surface area is 86.6 Å². The zero-order valence-electron chi connectivity index (χ0n) is 5.91. The third-order valence-corrected chi connectivity index (χ3v) is 3.58. The maximum absolute atomic E-state index is 9.57. The van der Waals surface area contributed by atoms with E-state index in [1.54, 1.807) is 6.07 Å². The zero-order chi connectivity index (χ0) is 8.72. The van der Waals surface area contributed by atoms with Crippen molar-refractivity contribution in [1.82, 2.24) is 0 Å². The van der Waals surface area contributed by atoms with Crippen molar-refractivity contribution in [2.45, 2.75) is 0 Å². The van der Waals surface area contributed by atoms with Crippen LogP contribution in [0.5, 0.6) is 11.5 Å². The first-order valence-electron chi connectivity index (χ1n) is 3.28. The van der Waals surface area contributed by atoms with E-state index < -0.39 is 0 Å². The van der Waals surface area contributed by atoms with Crippen LogP contribution in [0.25, 0.3) is 10.1 Å². The predicted octanol–water partition coefficient (Wildman–Crippen LogP) is 2.92. The number of benzene rings is 1. The molecule has 0 aliphatic heterocycles. The molecule has 0 saturated heterocycles. The minimum Gasteiger partial charge on any atom is -0.507 e. The van der Waals surface area contributed by atoms with E-state index >= 15 is 0 Å². The second kappa shape index (κ2) is 2.77. The van der Waals surface area contributed by atoms with Gasteiger partial charge in [0.15, 0.2) is 0 Å². The monoisotopic (exact) mass is 292 g/mol. The molecular formula is C8H5IO2S. The Balaban J connectivity index is 2.94. The highest BCUT2D eigenvalue weighted by Gasteiger charge is 2.09. The molecule has 1 aromatic carbocycles. The van der Waals surface area contributed by atoms with Crippen molar-refractivity contribution in [1.29, 1.82) is 0 Å². The number of hydrogen-bond acceptors (Lipinski definition) is 3. The molecule has 2 aromatic rings. The van der Waals surface area contributed by atoms with E-state index in [0.29, 0.717) is 3.57 Å². The summed E-state index contributed by atoms with van der Waals surface area (Å²) < 4.78 is 1.42. The van der Waals surface area contributed by atoms with Crippen molar-refractivity contribution in [2.24, 2.45) is 0 Å². The summed E-state index contributed by atoms with van der Waals surface area (Å²) in [5.41, 5.74) is 0. The molecule has 0 spiro atoms. The molecule has 0 atom stereocenters. The van der Waals surface area contributed by atoms with Gasteiger partial charge in [0.05, 0.1) is 3.57 Å². The van der Waals surface area contributed by atoms with Crippen molar-refractivity contribution < 1.29 is 10.2 Å². The molecule has 4 heteroatoms. The Morgan fingerprint density at radius 2 is 2.08 bits per heavy atom. The van der Waals surface area contributed by atoms with Crippen molar-refractivity contribution >= 4 is 44.0 Å². The van der Waals surface area contributed by atoms with Crippen LogP contribution in [0.15, 0.2) is 17.5 Å². The molecule has 0 aliphatic carbocycles. The molecule has 12 heavy (non-hydrogen) atoms. The summed E-state index contributed by atoms with van der Waals surface area (Å²) in [5, 5.41) is 21.6. The van der Waals surface area contributed by atoms with Crippen LogP contribution in [0.1, 0.15) is 0 Å². The molecule has 0 unspecified atom stereocenters. The normalized spacial score (nSPS) is 10.8. The van der Waals surface area contributed by atoms with Gasteiger partial charge in [-0.25, -0.2) is 0 Å². The lowest BCUT2D eigenvalue weighted by atomic mass is 10.2. The van der Waals surface area contributed by atoms with Crippen LogP contribution in [0.4, 0.5) is 0 Å². The highest BCUT2D eigenvalue weighted by atomic mass is 127. The van der Waals surface area contributed by atoms with Crippen molar-refractivity contribution in [3.63, 3.8) is 0 Å². The predicted molar refractivity (Wildman–Crippen MR) is 57.9 cm³/mol. The zero-order valence-corrected chi connectivity index (χ0v) is 8.89. The second-order valence-corrected chi connectivity index (χ2v) is 4.42. The SMILES string of the molecule is Oc1cc2sccc2c(O)c1I. The largest absolute Gasteiger partial charge is 0.507 e. The van der Waals surface area contributed by atoms with E-state index in [-0.39, 0.29) is 11.5 Å². The molecule has 0 amide bonds. The van der Waals surface area contributed by atoms with Crippen molar-refractivity contribution in [3.8, 4) is 11.5 Å². The maximum Gasteiger partial charge on any atom is 0.141 e. The fraction of sp³-hybridized carbons (Fsp3) is 0. The van der Waals surface area contributed by atoms with E-state index in [1.807, 2.05) is 34.0 Å². The molecule has 0 aliphatic rings. The lowest BCUT2D eigenvalue weighted by Gasteiger charge is -2.00. The Morgan fingerprint density at radius 1 is 1.33 bits per heavy atom. The van der Waals surface area contributed by atoms with Gasteiger partial charge < -0.3 is 10.2 Å². The van der Waals surface area contributed by atoms with E-state index in [0.717, 1.165) is 10.1 Å². The lowest BCUT2D eigenvalue weighted by molar-refractivity contribution is 0.448. The van der Waals surface area contributed by atoms with Gasteiger partial charge in [-0.2, -0.15) is 0 Å². The highest BCUT2D eigenvalue weighted by molar-refractivity contribution is 14.1. The van der Waals surface area contributed by atoms with Gasteiger partial charge in [0.1, 0.15) is 11.5 Å². The Hall–Kier alpha value is -0.490. The molecule has 0 radical (unpaired) electrons. The number of phenolic OH excluding ortho intramolecular Hbond substituents is 2. The van der Waals surface area contributed by atoms with Crippen LogP contribution in [-0.4, -0.2) is 10.2 Å². The number of fused-ring (bicyclic) bond motifs is 1. The van der Waals surface area contributed by atoms with Gasteiger partial charge in [0.25, 0.3) is 0 Å². The minimum atomic E-state index is 0.142. The van der Waals surface area contributed by atoms with E-state index in [1.165, 1.54) is 11.3 Å². The van der Waals surface area contributed by atoms with E-state index in [9.17, 15) is 10.2 Å². The summed E-state index contributed by atoms with van der Waals surface area (Å²) in [6, 6.07) is 3.51.